The molecule has 1 amide bonds. The van der Waals surface area contributed by atoms with E-state index in [1.165, 1.54) is 4.90 Å². The van der Waals surface area contributed by atoms with Crippen molar-refractivity contribution in [2.24, 2.45) is 0 Å². The molecule has 0 radical (unpaired) electrons. The molecule has 0 aliphatic heterocycles. The Labute approximate surface area is 149 Å². The fourth-order valence-electron chi connectivity index (χ4n) is 1.92. The molecule has 5 nitrogen and oxygen atoms in total. The summed E-state index contributed by atoms with van der Waals surface area (Å²) in [6.45, 7) is 8.03. The number of unbranched alkanes of at least 4 members (excludes halogenated alkanes) is 1. The van der Waals surface area contributed by atoms with Gasteiger partial charge in [0.1, 0.15) is 10.8 Å². The van der Waals surface area contributed by atoms with Crippen molar-refractivity contribution in [3.63, 3.8) is 0 Å². The molecule has 0 aromatic carbocycles. The monoisotopic (exact) mass is 352 g/mol. The number of aliphatic hydroxyl groups is 1. The first-order valence-electron chi connectivity index (χ1n) is 8.04. The summed E-state index contributed by atoms with van der Waals surface area (Å²) in [4.78, 5) is 18.1. The SMILES string of the molecule is CCCN(C(=O)OC(C)(C)C)c1cc(Cl)ncc1C#CCCCO. The summed E-state index contributed by atoms with van der Waals surface area (Å²) < 4.78 is 5.49. The zero-order valence-electron chi connectivity index (χ0n) is 14.7. The van der Waals surface area contributed by atoms with Gasteiger partial charge in [-0.25, -0.2) is 9.78 Å². The van der Waals surface area contributed by atoms with Crippen LogP contribution in [0, 0.1) is 11.8 Å². The molecule has 0 aliphatic rings. The zero-order chi connectivity index (χ0) is 18.2. The number of halogens is 1. The fraction of sp³-hybridized carbons (Fsp3) is 0.556. The number of ether oxygens (including phenoxy) is 1. The van der Waals surface area contributed by atoms with E-state index in [0.29, 0.717) is 30.6 Å². The molecule has 1 heterocycles. The van der Waals surface area contributed by atoms with Crippen molar-refractivity contribution in [3.8, 4) is 11.8 Å². The highest BCUT2D eigenvalue weighted by Gasteiger charge is 2.24. The highest BCUT2D eigenvalue weighted by Crippen LogP contribution is 2.25. The summed E-state index contributed by atoms with van der Waals surface area (Å²) in [7, 11) is 0. The van der Waals surface area contributed by atoms with Gasteiger partial charge in [0.25, 0.3) is 0 Å². The Morgan fingerprint density at radius 3 is 2.75 bits per heavy atom. The van der Waals surface area contributed by atoms with E-state index in [1.807, 2.05) is 27.7 Å². The van der Waals surface area contributed by atoms with E-state index in [9.17, 15) is 4.79 Å². The Morgan fingerprint density at radius 2 is 2.17 bits per heavy atom. The summed E-state index contributed by atoms with van der Waals surface area (Å²) in [6.07, 6.45) is 3.05. The standard InChI is InChI=1S/C18H25ClN2O3/c1-5-10-21(17(23)24-18(2,3)4)15-12-16(19)20-13-14(15)9-7-6-8-11-22/h12-13,22H,5-6,8,10-11H2,1-4H3. The summed E-state index contributed by atoms with van der Waals surface area (Å²) in [5.74, 6) is 5.97. The van der Waals surface area contributed by atoms with Crippen molar-refractivity contribution in [3.05, 3.63) is 23.0 Å². The Balaban J connectivity index is 3.18. The van der Waals surface area contributed by atoms with Gasteiger partial charge >= 0.3 is 6.09 Å². The average molecular weight is 353 g/mol. The van der Waals surface area contributed by atoms with Crippen molar-refractivity contribution in [2.75, 3.05) is 18.1 Å². The summed E-state index contributed by atoms with van der Waals surface area (Å²) in [6, 6.07) is 1.62. The third kappa shape index (κ3) is 6.77. The Morgan fingerprint density at radius 1 is 1.46 bits per heavy atom. The van der Waals surface area contributed by atoms with Crippen LogP contribution in [0.4, 0.5) is 10.5 Å². The first-order valence-corrected chi connectivity index (χ1v) is 8.42. The van der Waals surface area contributed by atoms with E-state index in [4.69, 9.17) is 21.4 Å². The van der Waals surface area contributed by atoms with Crippen LogP contribution in [0.25, 0.3) is 0 Å². The number of nitrogens with zero attached hydrogens (tertiary/aromatic N) is 2. The van der Waals surface area contributed by atoms with E-state index in [2.05, 4.69) is 16.8 Å². The van der Waals surface area contributed by atoms with E-state index in [0.717, 1.165) is 6.42 Å². The molecular weight excluding hydrogens is 328 g/mol. The third-order valence-corrected chi connectivity index (χ3v) is 3.09. The first-order chi connectivity index (χ1) is 11.3. The minimum Gasteiger partial charge on any atom is -0.443 e. The van der Waals surface area contributed by atoms with E-state index in [-0.39, 0.29) is 11.8 Å². The molecule has 0 saturated carbocycles. The minimum atomic E-state index is -0.590. The molecule has 0 aliphatic carbocycles. The number of hydrogen-bond donors (Lipinski definition) is 1. The smallest absolute Gasteiger partial charge is 0.414 e. The highest BCUT2D eigenvalue weighted by atomic mass is 35.5. The van der Waals surface area contributed by atoms with Gasteiger partial charge < -0.3 is 9.84 Å². The number of aromatic nitrogens is 1. The van der Waals surface area contributed by atoms with Crippen molar-refractivity contribution in [2.45, 2.75) is 52.6 Å². The van der Waals surface area contributed by atoms with Gasteiger partial charge in [0, 0.05) is 31.8 Å². The predicted molar refractivity (Wildman–Crippen MR) is 96.3 cm³/mol. The maximum Gasteiger partial charge on any atom is 0.414 e. The van der Waals surface area contributed by atoms with Crippen LogP contribution in [0.1, 0.15) is 52.5 Å². The largest absolute Gasteiger partial charge is 0.443 e. The normalized spacial score (nSPS) is 10.8. The lowest BCUT2D eigenvalue weighted by molar-refractivity contribution is 0.0580. The molecular formula is C18H25ClN2O3. The van der Waals surface area contributed by atoms with Crippen LogP contribution in [0.5, 0.6) is 0 Å². The van der Waals surface area contributed by atoms with Crippen LogP contribution in [-0.2, 0) is 4.74 Å². The Kier molecular flexibility index (Phi) is 8.03. The number of amides is 1. The van der Waals surface area contributed by atoms with Crippen LogP contribution in [-0.4, -0.2) is 34.9 Å². The molecule has 0 unspecified atom stereocenters. The summed E-state index contributed by atoms with van der Waals surface area (Å²) in [5, 5.41) is 9.11. The predicted octanol–water partition coefficient (Wildman–Crippen LogP) is 4.01. The quantitative estimate of drug-likeness (QED) is 0.494. The molecule has 132 valence electrons. The number of pyridine rings is 1. The molecule has 1 N–H and O–H groups in total. The Bertz CT molecular complexity index is 615. The lowest BCUT2D eigenvalue weighted by atomic mass is 10.2. The van der Waals surface area contributed by atoms with Crippen LogP contribution in [0.2, 0.25) is 5.15 Å². The van der Waals surface area contributed by atoms with Gasteiger partial charge in [0.05, 0.1) is 11.3 Å². The highest BCUT2D eigenvalue weighted by molar-refractivity contribution is 6.29. The number of hydrogen-bond acceptors (Lipinski definition) is 4. The molecule has 0 spiro atoms. The Hall–Kier alpha value is -1.77. The molecule has 6 heteroatoms. The van der Waals surface area contributed by atoms with Crippen LogP contribution in [0.3, 0.4) is 0 Å². The third-order valence-electron chi connectivity index (χ3n) is 2.88. The summed E-state index contributed by atoms with van der Waals surface area (Å²) in [5.41, 5.74) is 0.603. The lowest BCUT2D eigenvalue weighted by Crippen LogP contribution is -2.37. The van der Waals surface area contributed by atoms with Gasteiger partial charge in [-0.2, -0.15) is 0 Å². The number of carbonyl (C=O) groups is 1. The van der Waals surface area contributed by atoms with Crippen molar-refractivity contribution < 1.29 is 14.6 Å². The molecule has 1 rings (SSSR count). The van der Waals surface area contributed by atoms with Gasteiger partial charge in [-0.05, 0) is 33.6 Å². The molecule has 1 aromatic rings. The average Bonchev–Trinajstić information content (AvgIpc) is 2.48. The van der Waals surface area contributed by atoms with Crippen LogP contribution < -0.4 is 4.90 Å². The minimum absolute atomic E-state index is 0.0975. The zero-order valence-corrected chi connectivity index (χ0v) is 15.5. The molecule has 1 aromatic heterocycles. The van der Waals surface area contributed by atoms with E-state index < -0.39 is 11.7 Å². The van der Waals surface area contributed by atoms with E-state index in [1.54, 1.807) is 12.3 Å². The van der Waals surface area contributed by atoms with Crippen molar-refractivity contribution >= 4 is 23.4 Å². The molecule has 24 heavy (non-hydrogen) atoms. The van der Waals surface area contributed by atoms with Crippen LogP contribution in [0.15, 0.2) is 12.3 Å². The van der Waals surface area contributed by atoms with Gasteiger partial charge in [-0.15, -0.1) is 0 Å². The summed E-state index contributed by atoms with van der Waals surface area (Å²) >= 11 is 6.01. The van der Waals surface area contributed by atoms with E-state index >= 15 is 0 Å². The number of aliphatic hydroxyl groups excluding tert-OH is 1. The van der Waals surface area contributed by atoms with Crippen molar-refractivity contribution in [1.29, 1.82) is 0 Å². The number of rotatable bonds is 5. The van der Waals surface area contributed by atoms with Gasteiger partial charge in [0.2, 0.25) is 0 Å². The van der Waals surface area contributed by atoms with Gasteiger partial charge in [0.15, 0.2) is 0 Å². The van der Waals surface area contributed by atoms with Gasteiger partial charge in [-0.1, -0.05) is 30.4 Å². The first kappa shape index (κ1) is 20.3. The topological polar surface area (TPSA) is 62.7 Å². The maximum atomic E-state index is 12.5. The fourth-order valence-corrected chi connectivity index (χ4v) is 2.07. The lowest BCUT2D eigenvalue weighted by Gasteiger charge is -2.28. The van der Waals surface area contributed by atoms with Crippen LogP contribution >= 0.6 is 11.6 Å². The molecule has 0 saturated heterocycles. The maximum absolute atomic E-state index is 12.5. The molecule has 0 atom stereocenters. The van der Waals surface area contributed by atoms with Gasteiger partial charge in [-0.3, -0.25) is 4.90 Å². The molecule has 0 bridgehead atoms. The second-order valence-electron chi connectivity index (χ2n) is 6.29. The number of anilines is 1. The second-order valence-corrected chi connectivity index (χ2v) is 6.67. The van der Waals surface area contributed by atoms with Crippen molar-refractivity contribution in [1.82, 2.24) is 4.98 Å². The number of carbonyl (C=O) groups excluding carboxylic acids is 1. The molecule has 0 fully saturated rings. The second kappa shape index (κ2) is 9.51.